The molecule has 0 aromatic heterocycles. The van der Waals surface area contributed by atoms with Gasteiger partial charge in [-0.15, -0.1) is 0 Å². The van der Waals surface area contributed by atoms with Gasteiger partial charge in [-0.2, -0.15) is 0 Å². The molecule has 1 atom stereocenters. The number of carboxylic acid groups (broad SMARTS) is 1. The number of aliphatic hydroxyl groups excluding tert-OH is 1. The van der Waals surface area contributed by atoms with E-state index in [4.69, 9.17) is 5.11 Å². The van der Waals surface area contributed by atoms with E-state index < -0.39 is 12.1 Å². The smallest absolute Gasteiger partial charge is 0.333 e. The second-order valence-electron chi connectivity index (χ2n) is 3.48. The third-order valence-corrected chi connectivity index (χ3v) is 1.68. The summed E-state index contributed by atoms with van der Waals surface area (Å²) in [7, 11) is 0. The fraction of sp³-hybridized carbons (Fsp3) is 0.700. The molecule has 0 fully saturated rings. The summed E-state index contributed by atoms with van der Waals surface area (Å²) in [5.74, 6) is -0.868. The summed E-state index contributed by atoms with van der Waals surface area (Å²) in [5, 5.41) is 18.3. The second kappa shape index (κ2) is 5.75. The fourth-order valence-corrected chi connectivity index (χ4v) is 1.11. The molecule has 0 amide bonds. The predicted octanol–water partition coefficient (Wildman–Crippen LogP) is 1.81. The minimum absolute atomic E-state index is 0.122. The van der Waals surface area contributed by atoms with Gasteiger partial charge in [-0.3, -0.25) is 0 Å². The highest BCUT2D eigenvalue weighted by atomic mass is 16.4. The maximum atomic E-state index is 10.7. The maximum absolute atomic E-state index is 10.7. The Morgan fingerprint density at radius 3 is 2.31 bits per heavy atom. The lowest BCUT2D eigenvalue weighted by Crippen LogP contribution is -2.18. The Kier molecular flexibility index (Phi) is 5.39. The zero-order valence-electron chi connectivity index (χ0n) is 8.45. The number of hydrogen-bond donors (Lipinski definition) is 2. The molecule has 0 aromatic rings. The van der Waals surface area contributed by atoms with Gasteiger partial charge in [0.25, 0.3) is 0 Å². The van der Waals surface area contributed by atoms with Crippen LogP contribution in [0.25, 0.3) is 0 Å². The largest absolute Gasteiger partial charge is 0.478 e. The number of aliphatic carboxylic acids is 1. The van der Waals surface area contributed by atoms with Crippen molar-refractivity contribution in [3.63, 3.8) is 0 Å². The van der Waals surface area contributed by atoms with Crippen molar-refractivity contribution < 1.29 is 15.0 Å². The molecular formula is C10H18O3. The van der Waals surface area contributed by atoms with E-state index in [1.165, 1.54) is 0 Å². The Balaban J connectivity index is 4.51. The van der Waals surface area contributed by atoms with Gasteiger partial charge in [-0.25, -0.2) is 4.79 Å². The first kappa shape index (κ1) is 12.2. The van der Waals surface area contributed by atoms with E-state index in [2.05, 4.69) is 0 Å². The van der Waals surface area contributed by atoms with Crippen LogP contribution in [0, 0.1) is 5.92 Å². The number of hydrogen-bond acceptors (Lipinski definition) is 2. The van der Waals surface area contributed by atoms with Crippen LogP contribution in [0.1, 0.15) is 33.6 Å². The molecule has 0 aliphatic rings. The highest BCUT2D eigenvalue weighted by Crippen LogP contribution is 2.12. The van der Waals surface area contributed by atoms with Gasteiger partial charge in [-0.05, 0) is 12.3 Å². The van der Waals surface area contributed by atoms with E-state index in [9.17, 15) is 9.90 Å². The molecule has 0 bridgehead atoms. The Morgan fingerprint density at radius 1 is 1.46 bits per heavy atom. The van der Waals surface area contributed by atoms with Gasteiger partial charge in [0.2, 0.25) is 0 Å². The molecule has 76 valence electrons. The van der Waals surface area contributed by atoms with Crippen molar-refractivity contribution in [2.75, 3.05) is 0 Å². The quantitative estimate of drug-likeness (QED) is 0.644. The van der Waals surface area contributed by atoms with Gasteiger partial charge in [0.1, 0.15) is 0 Å². The minimum atomic E-state index is -1.02. The molecule has 13 heavy (non-hydrogen) atoms. The Labute approximate surface area is 79.1 Å². The molecule has 2 N–H and O–H groups in total. The Morgan fingerprint density at radius 2 is 2.00 bits per heavy atom. The molecular weight excluding hydrogens is 168 g/mol. The molecule has 0 rings (SSSR count). The lowest BCUT2D eigenvalue weighted by atomic mass is 10.0. The minimum Gasteiger partial charge on any atom is -0.478 e. The molecule has 0 saturated carbocycles. The standard InChI is InChI=1S/C10H18O3/c1-4-5-9(11)8(10(12)13)6-7(2)3/h6-7,9,11H,4-5H2,1-3H3,(H,12,13)/t9-/m1/s1. The molecule has 0 unspecified atom stereocenters. The normalized spacial score (nSPS) is 14.7. The van der Waals surface area contributed by atoms with Crippen molar-refractivity contribution in [1.29, 1.82) is 0 Å². The summed E-state index contributed by atoms with van der Waals surface area (Å²) in [6, 6.07) is 0. The van der Waals surface area contributed by atoms with Crippen molar-refractivity contribution in [2.24, 2.45) is 5.92 Å². The molecule has 0 aliphatic carbocycles. The SMILES string of the molecule is CCC[C@@H](O)C(=CC(C)C)C(=O)O. The van der Waals surface area contributed by atoms with Crippen molar-refractivity contribution in [3.8, 4) is 0 Å². The topological polar surface area (TPSA) is 57.5 Å². The van der Waals surface area contributed by atoms with Crippen molar-refractivity contribution in [3.05, 3.63) is 11.6 Å². The number of rotatable bonds is 5. The van der Waals surface area contributed by atoms with Crippen LogP contribution < -0.4 is 0 Å². The summed E-state index contributed by atoms with van der Waals surface area (Å²) in [5.41, 5.74) is 0.122. The molecule has 0 aromatic carbocycles. The lowest BCUT2D eigenvalue weighted by molar-refractivity contribution is -0.133. The molecule has 0 radical (unpaired) electrons. The zero-order chi connectivity index (χ0) is 10.4. The second-order valence-corrected chi connectivity index (χ2v) is 3.48. The summed E-state index contributed by atoms with van der Waals surface area (Å²) in [4.78, 5) is 10.7. The fourth-order valence-electron chi connectivity index (χ4n) is 1.11. The van der Waals surface area contributed by atoms with E-state index in [0.717, 1.165) is 6.42 Å². The summed E-state index contributed by atoms with van der Waals surface area (Å²) in [6.07, 6.45) is 2.06. The lowest BCUT2D eigenvalue weighted by Gasteiger charge is -2.11. The van der Waals surface area contributed by atoms with Crippen molar-refractivity contribution in [1.82, 2.24) is 0 Å². The maximum Gasteiger partial charge on any atom is 0.333 e. The molecule has 0 aliphatic heterocycles. The van der Waals surface area contributed by atoms with Crippen molar-refractivity contribution >= 4 is 5.97 Å². The van der Waals surface area contributed by atoms with Crippen molar-refractivity contribution in [2.45, 2.75) is 39.7 Å². The van der Waals surface area contributed by atoms with Crippen LogP contribution in [0.4, 0.5) is 0 Å². The average Bonchev–Trinajstić information content (AvgIpc) is 1.99. The molecule has 0 heterocycles. The molecule has 3 nitrogen and oxygen atoms in total. The van der Waals surface area contributed by atoms with E-state index in [1.807, 2.05) is 20.8 Å². The van der Waals surface area contributed by atoms with Gasteiger partial charge < -0.3 is 10.2 Å². The number of aliphatic hydroxyl groups is 1. The average molecular weight is 186 g/mol. The first-order valence-corrected chi connectivity index (χ1v) is 4.62. The summed E-state index contributed by atoms with van der Waals surface area (Å²) >= 11 is 0. The van der Waals surface area contributed by atoms with E-state index in [0.29, 0.717) is 6.42 Å². The molecule has 0 saturated heterocycles. The van der Waals surface area contributed by atoms with Crippen LogP contribution in [0.2, 0.25) is 0 Å². The van der Waals surface area contributed by atoms with E-state index >= 15 is 0 Å². The molecule has 0 spiro atoms. The van der Waals surface area contributed by atoms with Gasteiger partial charge in [0.05, 0.1) is 11.7 Å². The highest BCUT2D eigenvalue weighted by molar-refractivity contribution is 5.87. The summed E-state index contributed by atoms with van der Waals surface area (Å²) in [6.45, 7) is 5.70. The third kappa shape index (κ3) is 4.68. The first-order chi connectivity index (χ1) is 5.99. The van der Waals surface area contributed by atoms with Gasteiger partial charge >= 0.3 is 5.97 Å². The van der Waals surface area contributed by atoms with Gasteiger partial charge in [0.15, 0.2) is 0 Å². The van der Waals surface area contributed by atoms with Crippen LogP contribution in [-0.2, 0) is 4.79 Å². The monoisotopic (exact) mass is 186 g/mol. The van der Waals surface area contributed by atoms with Gasteiger partial charge in [-0.1, -0.05) is 33.3 Å². The first-order valence-electron chi connectivity index (χ1n) is 4.62. The third-order valence-electron chi connectivity index (χ3n) is 1.68. The number of allylic oxidation sites excluding steroid dienone is 1. The predicted molar refractivity (Wildman–Crippen MR) is 51.5 cm³/mol. The zero-order valence-corrected chi connectivity index (χ0v) is 8.45. The van der Waals surface area contributed by atoms with Gasteiger partial charge in [0, 0.05) is 0 Å². The van der Waals surface area contributed by atoms with E-state index in [-0.39, 0.29) is 11.5 Å². The van der Waals surface area contributed by atoms with Crippen LogP contribution in [-0.4, -0.2) is 22.3 Å². The number of carboxylic acids is 1. The van der Waals surface area contributed by atoms with Crippen LogP contribution >= 0.6 is 0 Å². The number of carbonyl (C=O) groups is 1. The summed E-state index contributed by atoms with van der Waals surface area (Å²) < 4.78 is 0. The van der Waals surface area contributed by atoms with Crippen LogP contribution in [0.15, 0.2) is 11.6 Å². The Bertz CT molecular complexity index is 194. The van der Waals surface area contributed by atoms with Crippen LogP contribution in [0.5, 0.6) is 0 Å². The Hall–Kier alpha value is -0.830. The molecule has 3 heteroatoms. The van der Waals surface area contributed by atoms with E-state index in [1.54, 1.807) is 6.08 Å². The van der Waals surface area contributed by atoms with Crippen LogP contribution in [0.3, 0.4) is 0 Å². The highest BCUT2D eigenvalue weighted by Gasteiger charge is 2.16.